The molecule has 208 valence electrons. The molecule has 3 aromatic rings. The molecule has 2 amide bonds. The van der Waals surface area contributed by atoms with Gasteiger partial charge in [-0.1, -0.05) is 30.3 Å². The molecule has 0 bridgehead atoms. The van der Waals surface area contributed by atoms with Crippen molar-refractivity contribution < 1.29 is 19.5 Å². The van der Waals surface area contributed by atoms with Crippen molar-refractivity contribution in [2.75, 3.05) is 19.5 Å². The zero-order chi connectivity index (χ0) is 29.4. The fourth-order valence-electron chi connectivity index (χ4n) is 4.22. The van der Waals surface area contributed by atoms with Gasteiger partial charge in [0.25, 0.3) is 11.8 Å². The molecule has 0 atom stereocenters. The van der Waals surface area contributed by atoms with Crippen LogP contribution in [0, 0.1) is 13.8 Å². The molecule has 0 saturated carbocycles. The lowest BCUT2D eigenvalue weighted by atomic mass is 9.93. The number of nitrogens with zero attached hydrogens (tertiary/aromatic N) is 3. The van der Waals surface area contributed by atoms with E-state index in [1.54, 1.807) is 57.5 Å². The Morgan fingerprint density at radius 1 is 0.975 bits per heavy atom. The highest BCUT2D eigenvalue weighted by molar-refractivity contribution is 6.06. The summed E-state index contributed by atoms with van der Waals surface area (Å²) in [6.07, 6.45) is 0. The summed E-state index contributed by atoms with van der Waals surface area (Å²) < 4.78 is 5.56. The Labute approximate surface area is 234 Å². The maximum Gasteiger partial charge on any atom is 0.275 e. The van der Waals surface area contributed by atoms with Crippen LogP contribution in [0.15, 0.2) is 82.3 Å². The number of amides is 2. The lowest BCUT2D eigenvalue weighted by molar-refractivity contribution is -0.114. The van der Waals surface area contributed by atoms with Crippen LogP contribution in [0.2, 0.25) is 0 Å². The number of hydrazone groups is 2. The zero-order valence-electron chi connectivity index (χ0n) is 23.5. The molecule has 3 rings (SSSR count). The van der Waals surface area contributed by atoms with Gasteiger partial charge in [-0.2, -0.15) is 15.3 Å². The molecule has 40 heavy (non-hydrogen) atoms. The number of carbonyl (C=O) groups is 2. The summed E-state index contributed by atoms with van der Waals surface area (Å²) in [7, 11) is 3.23. The number of nitrogens with one attached hydrogen (secondary N) is 3. The van der Waals surface area contributed by atoms with Crippen LogP contribution in [0.5, 0.6) is 5.75 Å². The molecule has 0 heterocycles. The molecule has 0 spiro atoms. The number of hydrogen-bond acceptors (Lipinski definition) is 8. The summed E-state index contributed by atoms with van der Waals surface area (Å²) in [5, 5.41) is 24.4. The number of rotatable bonds is 10. The van der Waals surface area contributed by atoms with Crippen LogP contribution in [0.4, 0.5) is 5.69 Å². The lowest BCUT2D eigenvalue weighted by Crippen LogP contribution is -2.31. The van der Waals surface area contributed by atoms with E-state index in [-0.39, 0.29) is 11.4 Å². The van der Waals surface area contributed by atoms with Crippen LogP contribution < -0.4 is 20.9 Å². The maximum atomic E-state index is 13.2. The molecule has 3 aromatic carbocycles. The first-order valence-electron chi connectivity index (χ1n) is 12.4. The van der Waals surface area contributed by atoms with Gasteiger partial charge in [0, 0.05) is 36.3 Å². The smallest absolute Gasteiger partial charge is 0.275 e. The van der Waals surface area contributed by atoms with Gasteiger partial charge >= 0.3 is 0 Å². The number of benzene rings is 3. The molecule has 10 nitrogen and oxygen atoms in total. The van der Waals surface area contributed by atoms with Gasteiger partial charge in [0.05, 0.1) is 12.8 Å². The van der Waals surface area contributed by atoms with Crippen molar-refractivity contribution in [3.8, 4) is 16.9 Å². The normalized spacial score (nSPS) is 11.7. The summed E-state index contributed by atoms with van der Waals surface area (Å²) in [5.74, 6) is -0.474. The van der Waals surface area contributed by atoms with Crippen molar-refractivity contribution >= 4 is 29.9 Å². The van der Waals surface area contributed by atoms with Crippen molar-refractivity contribution in [1.29, 1.82) is 0 Å². The SMILES string of the molecule is C=NN(C)/N=C(\C)c1cccc(NC(=O)/C(NO)=C(\C)NC(=O)c2ccc(OC)c(-c3c(C)cccc3C)c2)c1. The third-order valence-electron chi connectivity index (χ3n) is 6.26. The largest absolute Gasteiger partial charge is 0.496 e. The summed E-state index contributed by atoms with van der Waals surface area (Å²) in [5.41, 5.74) is 7.89. The third-order valence-corrected chi connectivity index (χ3v) is 6.26. The molecule has 0 radical (unpaired) electrons. The molecular formula is C30H34N6O4. The number of anilines is 1. The maximum absolute atomic E-state index is 13.2. The van der Waals surface area contributed by atoms with E-state index in [1.165, 1.54) is 12.0 Å². The lowest BCUT2D eigenvalue weighted by Gasteiger charge is -2.16. The molecule has 0 aliphatic heterocycles. The van der Waals surface area contributed by atoms with Crippen LogP contribution in [0.3, 0.4) is 0 Å². The molecule has 0 aliphatic carbocycles. The summed E-state index contributed by atoms with van der Waals surface area (Å²) in [4.78, 5) is 26.2. The van der Waals surface area contributed by atoms with E-state index in [9.17, 15) is 14.8 Å². The van der Waals surface area contributed by atoms with Crippen LogP contribution in [-0.4, -0.2) is 48.7 Å². The quantitative estimate of drug-likeness (QED) is 0.165. The van der Waals surface area contributed by atoms with Crippen LogP contribution >= 0.6 is 0 Å². The Bertz CT molecular complexity index is 1480. The Morgan fingerprint density at radius 3 is 2.27 bits per heavy atom. The molecule has 0 saturated heterocycles. The number of hydrogen-bond donors (Lipinski definition) is 4. The van der Waals surface area contributed by atoms with Gasteiger partial charge < -0.3 is 15.4 Å². The first-order chi connectivity index (χ1) is 19.1. The average molecular weight is 543 g/mol. The monoisotopic (exact) mass is 542 g/mol. The number of methoxy groups -OCH3 is 1. The Balaban J connectivity index is 1.85. The van der Waals surface area contributed by atoms with Gasteiger partial charge in [-0.25, -0.2) is 0 Å². The number of aryl methyl sites for hydroxylation is 2. The van der Waals surface area contributed by atoms with Gasteiger partial charge in [-0.15, -0.1) is 0 Å². The Hall–Kier alpha value is -4.96. The summed E-state index contributed by atoms with van der Waals surface area (Å²) in [6.45, 7) is 10.7. The summed E-state index contributed by atoms with van der Waals surface area (Å²) >= 11 is 0. The zero-order valence-corrected chi connectivity index (χ0v) is 23.5. The minimum Gasteiger partial charge on any atom is -0.496 e. The number of ether oxygens (including phenoxy) is 1. The first-order valence-corrected chi connectivity index (χ1v) is 12.4. The van der Waals surface area contributed by atoms with E-state index in [4.69, 9.17) is 4.74 Å². The number of hydroxylamine groups is 1. The van der Waals surface area contributed by atoms with Gasteiger partial charge in [-0.05, 0) is 80.3 Å². The highest BCUT2D eigenvalue weighted by Crippen LogP contribution is 2.35. The second-order valence-corrected chi connectivity index (χ2v) is 9.10. The molecular weight excluding hydrogens is 508 g/mol. The number of carbonyl (C=O) groups excluding carboxylic acids is 2. The first kappa shape index (κ1) is 29.6. The highest BCUT2D eigenvalue weighted by Gasteiger charge is 2.18. The fourth-order valence-corrected chi connectivity index (χ4v) is 4.22. The topological polar surface area (TPSA) is 128 Å². The average Bonchev–Trinajstić information content (AvgIpc) is 2.93. The van der Waals surface area contributed by atoms with Crippen LogP contribution in [0.1, 0.15) is 40.9 Å². The van der Waals surface area contributed by atoms with E-state index < -0.39 is 11.8 Å². The summed E-state index contributed by atoms with van der Waals surface area (Å²) in [6, 6.07) is 18.1. The van der Waals surface area contributed by atoms with Gasteiger partial charge in [0.2, 0.25) is 0 Å². The minimum absolute atomic E-state index is 0.127. The minimum atomic E-state index is -0.650. The van der Waals surface area contributed by atoms with Crippen LogP contribution in [0.25, 0.3) is 11.1 Å². The second kappa shape index (κ2) is 13.2. The Kier molecular flexibility index (Phi) is 9.77. The highest BCUT2D eigenvalue weighted by atomic mass is 16.5. The second-order valence-electron chi connectivity index (χ2n) is 9.10. The van der Waals surface area contributed by atoms with Crippen molar-refractivity contribution in [1.82, 2.24) is 15.9 Å². The van der Waals surface area contributed by atoms with Crippen LogP contribution in [-0.2, 0) is 4.79 Å². The molecule has 0 aliphatic rings. The van der Waals surface area contributed by atoms with Crippen molar-refractivity contribution in [2.24, 2.45) is 10.2 Å². The Morgan fingerprint density at radius 2 is 1.65 bits per heavy atom. The van der Waals surface area contributed by atoms with E-state index in [0.717, 1.165) is 27.8 Å². The molecule has 10 heteroatoms. The van der Waals surface area contributed by atoms with E-state index in [1.807, 2.05) is 43.6 Å². The van der Waals surface area contributed by atoms with Crippen molar-refractivity contribution in [3.63, 3.8) is 0 Å². The third kappa shape index (κ3) is 6.91. The van der Waals surface area contributed by atoms with E-state index >= 15 is 0 Å². The van der Waals surface area contributed by atoms with E-state index in [0.29, 0.717) is 22.7 Å². The van der Waals surface area contributed by atoms with Gasteiger partial charge in [-0.3, -0.25) is 20.3 Å². The predicted molar refractivity (Wildman–Crippen MR) is 158 cm³/mol. The fraction of sp³-hybridized carbons (Fsp3) is 0.200. The molecule has 0 aromatic heterocycles. The number of allylic oxidation sites excluding steroid dienone is 1. The van der Waals surface area contributed by atoms with Crippen molar-refractivity contribution in [3.05, 3.63) is 94.3 Å². The standard InChI is InChI=1S/C30H34N6O4/c1-18-10-8-11-19(2)27(18)25-17-23(14-15-26(25)40-7)29(37)32-21(4)28(35-39)30(38)33-24-13-9-12-22(16-24)20(3)34-36(6)31-5/h8-17,35,39H,5H2,1-4,6-7H3,(H,32,37)(H,33,38)/b28-21-,34-20+. The predicted octanol–water partition coefficient (Wildman–Crippen LogP) is 4.83. The molecule has 0 unspecified atom stereocenters. The van der Waals surface area contributed by atoms with E-state index in [2.05, 4.69) is 27.6 Å². The molecule has 4 N–H and O–H groups in total. The molecule has 0 fully saturated rings. The van der Waals surface area contributed by atoms with Gasteiger partial charge in [0.1, 0.15) is 11.4 Å². The van der Waals surface area contributed by atoms with Crippen molar-refractivity contribution in [2.45, 2.75) is 27.7 Å². The van der Waals surface area contributed by atoms with Gasteiger partial charge in [0.15, 0.2) is 0 Å².